The lowest BCUT2D eigenvalue weighted by atomic mass is 9.93. The van der Waals surface area contributed by atoms with Crippen LogP contribution in [-0.2, 0) is 13.5 Å². The molecule has 1 heterocycles. The number of aryl methyl sites for hydroxylation is 1. The molecular formula is C20H21N3O3. The Kier molecular flexibility index (Phi) is 4.75. The maximum atomic E-state index is 11.6. The predicted octanol–water partition coefficient (Wildman–Crippen LogP) is 3.40. The number of nitrogens with zero attached hydrogens (tertiary/aromatic N) is 3. The molecule has 2 aromatic carbocycles. The van der Waals surface area contributed by atoms with Crippen LogP contribution in [0.4, 0.5) is 0 Å². The Hall–Kier alpha value is -3.15. The van der Waals surface area contributed by atoms with Gasteiger partial charge in [0.05, 0.1) is 13.3 Å². The molecule has 0 saturated carbocycles. The molecule has 26 heavy (non-hydrogen) atoms. The summed E-state index contributed by atoms with van der Waals surface area (Å²) in [6, 6.07) is 9.78. The van der Waals surface area contributed by atoms with Gasteiger partial charge in [-0.25, -0.2) is 4.79 Å². The van der Waals surface area contributed by atoms with Crippen LogP contribution in [0.3, 0.4) is 0 Å². The number of carboxylic acid groups (broad SMARTS) is 1. The van der Waals surface area contributed by atoms with Crippen molar-refractivity contribution in [3.8, 4) is 17.0 Å². The summed E-state index contributed by atoms with van der Waals surface area (Å²) < 4.78 is 6.96. The quantitative estimate of drug-likeness (QED) is 0.762. The van der Waals surface area contributed by atoms with Gasteiger partial charge in [0, 0.05) is 12.6 Å². The molecule has 0 aliphatic carbocycles. The van der Waals surface area contributed by atoms with Crippen LogP contribution in [0.15, 0.2) is 36.5 Å². The number of rotatable bonds is 5. The second kappa shape index (κ2) is 7.00. The second-order valence-corrected chi connectivity index (χ2v) is 6.32. The molecule has 3 rings (SSSR count). The summed E-state index contributed by atoms with van der Waals surface area (Å²) in [5.74, 6) is -0.555. The smallest absolute Gasteiger partial charge is 0.339 e. The van der Waals surface area contributed by atoms with Crippen LogP contribution < -0.4 is 4.74 Å². The molecule has 0 aliphatic rings. The van der Waals surface area contributed by atoms with Gasteiger partial charge in [-0.15, -0.1) is 5.10 Å². The molecule has 0 fully saturated rings. The highest BCUT2D eigenvalue weighted by molar-refractivity contribution is 5.92. The molecule has 6 nitrogen and oxygen atoms in total. The highest BCUT2D eigenvalue weighted by Crippen LogP contribution is 2.30. The third-order valence-corrected chi connectivity index (χ3v) is 4.63. The van der Waals surface area contributed by atoms with Crippen molar-refractivity contribution in [1.82, 2.24) is 15.0 Å². The molecule has 0 amide bonds. The third-order valence-electron chi connectivity index (χ3n) is 4.63. The minimum atomic E-state index is -0.982. The van der Waals surface area contributed by atoms with Crippen LogP contribution >= 0.6 is 0 Å². The van der Waals surface area contributed by atoms with E-state index in [0.29, 0.717) is 12.2 Å². The van der Waals surface area contributed by atoms with Gasteiger partial charge in [0.1, 0.15) is 17.0 Å². The molecule has 0 atom stereocenters. The van der Waals surface area contributed by atoms with Crippen LogP contribution in [0.5, 0.6) is 5.75 Å². The van der Waals surface area contributed by atoms with E-state index in [1.807, 2.05) is 51.4 Å². The monoisotopic (exact) mass is 351 g/mol. The van der Waals surface area contributed by atoms with Crippen LogP contribution in [0.25, 0.3) is 11.3 Å². The van der Waals surface area contributed by atoms with E-state index < -0.39 is 5.97 Å². The molecule has 6 heteroatoms. The number of ether oxygens (including phenoxy) is 1. The van der Waals surface area contributed by atoms with Crippen LogP contribution in [-0.4, -0.2) is 33.2 Å². The summed E-state index contributed by atoms with van der Waals surface area (Å²) in [5, 5.41) is 17.5. The highest BCUT2D eigenvalue weighted by Gasteiger charge is 2.18. The lowest BCUT2D eigenvalue weighted by Gasteiger charge is -2.16. The molecule has 0 bridgehead atoms. The Bertz CT molecular complexity index is 959. The van der Waals surface area contributed by atoms with Gasteiger partial charge >= 0.3 is 5.97 Å². The number of aromatic carboxylic acids is 1. The Morgan fingerprint density at radius 3 is 2.42 bits per heavy atom. The van der Waals surface area contributed by atoms with E-state index in [9.17, 15) is 9.90 Å². The summed E-state index contributed by atoms with van der Waals surface area (Å²) in [6.07, 6.45) is 2.52. The number of methoxy groups -OCH3 is 1. The van der Waals surface area contributed by atoms with Gasteiger partial charge in [-0.2, -0.15) is 0 Å². The molecule has 1 N–H and O–H groups in total. The number of aromatic nitrogens is 3. The Labute approximate surface area is 152 Å². The van der Waals surface area contributed by atoms with E-state index in [0.717, 1.165) is 33.5 Å². The highest BCUT2D eigenvalue weighted by atomic mass is 16.5. The van der Waals surface area contributed by atoms with Crippen molar-refractivity contribution < 1.29 is 14.6 Å². The zero-order chi connectivity index (χ0) is 18.8. The number of carboxylic acids is 1. The molecule has 0 saturated heterocycles. The normalized spacial score (nSPS) is 10.8. The zero-order valence-electron chi connectivity index (χ0n) is 15.3. The van der Waals surface area contributed by atoms with Gasteiger partial charge in [-0.05, 0) is 48.6 Å². The van der Waals surface area contributed by atoms with Gasteiger partial charge in [-0.3, -0.25) is 4.68 Å². The Morgan fingerprint density at radius 2 is 1.88 bits per heavy atom. The predicted molar refractivity (Wildman–Crippen MR) is 98.7 cm³/mol. The van der Waals surface area contributed by atoms with Crippen LogP contribution in [0.1, 0.15) is 32.6 Å². The van der Waals surface area contributed by atoms with E-state index in [1.165, 1.54) is 7.11 Å². The topological polar surface area (TPSA) is 77.2 Å². The number of hydrogen-bond donors (Lipinski definition) is 1. The molecule has 0 aliphatic heterocycles. The lowest BCUT2D eigenvalue weighted by molar-refractivity contribution is 0.0693. The van der Waals surface area contributed by atoms with Crippen molar-refractivity contribution in [2.45, 2.75) is 20.3 Å². The van der Waals surface area contributed by atoms with Crippen molar-refractivity contribution in [3.05, 3.63) is 64.3 Å². The summed E-state index contributed by atoms with van der Waals surface area (Å²) in [4.78, 5) is 11.6. The van der Waals surface area contributed by atoms with Crippen molar-refractivity contribution in [2.75, 3.05) is 7.11 Å². The van der Waals surface area contributed by atoms with E-state index >= 15 is 0 Å². The van der Waals surface area contributed by atoms with Gasteiger partial charge in [0.2, 0.25) is 0 Å². The van der Waals surface area contributed by atoms with Crippen molar-refractivity contribution in [2.24, 2.45) is 7.05 Å². The van der Waals surface area contributed by atoms with Crippen molar-refractivity contribution in [3.63, 3.8) is 0 Å². The lowest BCUT2D eigenvalue weighted by Crippen LogP contribution is -2.06. The van der Waals surface area contributed by atoms with Crippen LogP contribution in [0, 0.1) is 13.8 Å². The standard InChI is InChI=1S/C20H21N3O3/c1-12-13(2)19(26-4)17(20(24)25)10-16(12)9-14-5-7-15(8-6-14)18-11-23(3)22-21-18/h5-8,10-11H,9H2,1-4H3,(H,24,25). The average Bonchev–Trinajstić information content (AvgIpc) is 3.05. The molecule has 0 unspecified atom stereocenters. The van der Waals surface area contributed by atoms with Gasteiger partial charge < -0.3 is 9.84 Å². The molecule has 1 aromatic heterocycles. The first kappa shape index (κ1) is 17.7. The van der Waals surface area contributed by atoms with Crippen LogP contribution in [0.2, 0.25) is 0 Å². The first-order valence-corrected chi connectivity index (χ1v) is 8.26. The summed E-state index contributed by atoms with van der Waals surface area (Å²) in [6.45, 7) is 3.88. The summed E-state index contributed by atoms with van der Waals surface area (Å²) >= 11 is 0. The number of benzene rings is 2. The minimum absolute atomic E-state index is 0.196. The SMILES string of the molecule is COc1c(C(=O)O)cc(Cc2ccc(-c3cn(C)nn3)cc2)c(C)c1C. The molecular weight excluding hydrogens is 330 g/mol. The third kappa shape index (κ3) is 3.31. The van der Waals surface area contributed by atoms with Gasteiger partial charge in [-0.1, -0.05) is 29.5 Å². The zero-order valence-corrected chi connectivity index (χ0v) is 15.3. The van der Waals surface area contributed by atoms with Crippen molar-refractivity contribution >= 4 is 5.97 Å². The van der Waals surface area contributed by atoms with Crippen molar-refractivity contribution in [1.29, 1.82) is 0 Å². The van der Waals surface area contributed by atoms with Gasteiger partial charge in [0.15, 0.2) is 0 Å². The first-order chi connectivity index (χ1) is 12.4. The Morgan fingerprint density at radius 1 is 1.19 bits per heavy atom. The maximum absolute atomic E-state index is 11.6. The maximum Gasteiger partial charge on any atom is 0.339 e. The summed E-state index contributed by atoms with van der Waals surface area (Å²) in [7, 11) is 3.33. The van der Waals surface area contributed by atoms with E-state index in [-0.39, 0.29) is 5.56 Å². The fourth-order valence-electron chi connectivity index (χ4n) is 3.06. The first-order valence-electron chi connectivity index (χ1n) is 8.26. The fourth-order valence-corrected chi connectivity index (χ4v) is 3.06. The van der Waals surface area contributed by atoms with E-state index in [1.54, 1.807) is 10.7 Å². The number of hydrogen-bond acceptors (Lipinski definition) is 4. The second-order valence-electron chi connectivity index (χ2n) is 6.32. The molecule has 0 spiro atoms. The fraction of sp³-hybridized carbons (Fsp3) is 0.250. The average molecular weight is 351 g/mol. The largest absolute Gasteiger partial charge is 0.496 e. The molecule has 0 radical (unpaired) electrons. The minimum Gasteiger partial charge on any atom is -0.496 e. The van der Waals surface area contributed by atoms with E-state index in [4.69, 9.17) is 4.74 Å². The van der Waals surface area contributed by atoms with E-state index in [2.05, 4.69) is 10.3 Å². The van der Waals surface area contributed by atoms with Gasteiger partial charge in [0.25, 0.3) is 0 Å². The summed E-state index contributed by atoms with van der Waals surface area (Å²) in [5.41, 5.74) is 6.00. The Balaban J connectivity index is 1.92. The number of carbonyl (C=O) groups is 1. The molecule has 3 aromatic rings. The molecule has 134 valence electrons.